The number of hydrogen-bond acceptors (Lipinski definition) is 12. The number of nitrogens with zero attached hydrogens (tertiary/aromatic N) is 6. The Balaban J connectivity index is 0.749. The summed E-state index contributed by atoms with van der Waals surface area (Å²) in [6, 6.07) is 21.4. The third-order valence-electron chi connectivity index (χ3n) is 13.6. The number of likely N-dealkylation sites (tertiary alicyclic amines) is 1. The number of amides is 4. The third-order valence-corrected chi connectivity index (χ3v) is 14.9. The fourth-order valence-corrected chi connectivity index (χ4v) is 11.0. The highest BCUT2D eigenvalue weighted by Gasteiger charge is 2.46. The van der Waals surface area contributed by atoms with Gasteiger partial charge in [-0.05, 0) is 72.7 Å². The van der Waals surface area contributed by atoms with Crippen LogP contribution in [0.25, 0.3) is 10.4 Å². The zero-order valence-corrected chi connectivity index (χ0v) is 40.7. The van der Waals surface area contributed by atoms with Crippen molar-refractivity contribution >= 4 is 52.3 Å². The Morgan fingerprint density at radius 3 is 2.31 bits per heavy atom. The fourth-order valence-electron chi connectivity index (χ4n) is 9.94. The largest absolute Gasteiger partial charge is 0.490 e. The van der Waals surface area contributed by atoms with Gasteiger partial charge in [0.25, 0.3) is 5.91 Å². The van der Waals surface area contributed by atoms with E-state index in [2.05, 4.69) is 36.4 Å². The van der Waals surface area contributed by atoms with E-state index >= 15 is 0 Å². The number of hydrogen-bond donors (Lipinski definition) is 3. The van der Waals surface area contributed by atoms with Crippen molar-refractivity contribution in [3.63, 3.8) is 0 Å². The predicted molar refractivity (Wildman–Crippen MR) is 260 cm³/mol. The van der Waals surface area contributed by atoms with Gasteiger partial charge in [-0.25, -0.2) is 4.98 Å². The lowest BCUT2D eigenvalue weighted by Gasteiger charge is -2.39. The number of nitrogens with one attached hydrogen (secondary N) is 2. The lowest BCUT2D eigenvalue weighted by atomic mass is 9.85. The fraction of sp³-hybridized carbons (Fsp3) is 0.490. The Hall–Kier alpha value is -5.57. The molecule has 0 aliphatic carbocycles. The van der Waals surface area contributed by atoms with Gasteiger partial charge >= 0.3 is 0 Å². The van der Waals surface area contributed by atoms with Crippen LogP contribution in [0.2, 0.25) is 5.02 Å². The van der Waals surface area contributed by atoms with Crippen LogP contribution in [0.1, 0.15) is 80.1 Å². The second-order valence-electron chi connectivity index (χ2n) is 19.4. The molecule has 1 unspecified atom stereocenters. The molecule has 360 valence electrons. The first-order valence-corrected chi connectivity index (χ1v) is 24.8. The molecule has 4 aliphatic heterocycles. The molecule has 6 atom stereocenters. The number of carbonyl (C=O) groups excluding carboxylic acids is 4. The van der Waals surface area contributed by atoms with Crippen molar-refractivity contribution < 1.29 is 33.8 Å². The number of nitriles is 1. The summed E-state index contributed by atoms with van der Waals surface area (Å²) in [5.74, 6) is -0.518. The summed E-state index contributed by atoms with van der Waals surface area (Å²) >= 11 is 7.81. The molecule has 0 spiro atoms. The molecular formula is C51H61ClN8O7S. The van der Waals surface area contributed by atoms with Crippen LogP contribution in [0.15, 0.2) is 72.2 Å². The first-order valence-electron chi connectivity index (χ1n) is 23.5. The first kappa shape index (κ1) is 48.9. The van der Waals surface area contributed by atoms with Gasteiger partial charge in [-0.1, -0.05) is 56.6 Å². The summed E-state index contributed by atoms with van der Waals surface area (Å²) in [6.45, 7) is 11.8. The van der Waals surface area contributed by atoms with E-state index in [0.29, 0.717) is 35.1 Å². The molecule has 0 radical (unpaired) electrons. The van der Waals surface area contributed by atoms with E-state index in [0.717, 1.165) is 79.2 Å². The Labute approximate surface area is 407 Å². The summed E-state index contributed by atoms with van der Waals surface area (Å²) in [6.07, 6.45) is 2.62. The Morgan fingerprint density at radius 2 is 1.68 bits per heavy atom. The van der Waals surface area contributed by atoms with E-state index in [1.54, 1.807) is 29.5 Å². The maximum atomic E-state index is 14.1. The Morgan fingerprint density at radius 1 is 0.971 bits per heavy atom. The number of aryl methyl sites for hydroxylation is 1. The van der Waals surface area contributed by atoms with E-state index in [1.165, 1.54) is 4.90 Å². The van der Waals surface area contributed by atoms with Gasteiger partial charge in [0.1, 0.15) is 36.6 Å². The molecule has 5 heterocycles. The van der Waals surface area contributed by atoms with Crippen molar-refractivity contribution in [2.24, 2.45) is 5.41 Å². The highest BCUT2D eigenvalue weighted by molar-refractivity contribution is 7.13. The minimum Gasteiger partial charge on any atom is -0.490 e. The second kappa shape index (κ2) is 21.4. The van der Waals surface area contributed by atoms with Crippen LogP contribution in [-0.4, -0.2) is 137 Å². The molecular weight excluding hydrogens is 904 g/mol. The topological polar surface area (TPSA) is 181 Å². The number of carbonyl (C=O) groups is 4. The molecule has 4 aliphatic rings. The molecule has 4 saturated heterocycles. The van der Waals surface area contributed by atoms with E-state index in [1.807, 2.05) is 81.7 Å². The van der Waals surface area contributed by atoms with Gasteiger partial charge in [-0.2, -0.15) is 5.26 Å². The number of rotatable bonds is 15. The molecule has 8 rings (SSSR count). The SMILES string of the molecule is Cc1ncsc1-c1ccc(CNC(=O)[C@@H]2C[C@@H](O)CN2C(=O)[C@@H](NC(=O)COCCN2CCN(c3ccc(C(=O)N4[C@@H]5CC[C@H]4CC(Oc4ccc(C#N)c(Cl)c4)C5)cc3)CC2)C(C)(C)C)cc1. The third kappa shape index (κ3) is 11.5. The minimum atomic E-state index is -0.947. The van der Waals surface area contributed by atoms with Crippen LogP contribution in [-0.2, 0) is 25.7 Å². The van der Waals surface area contributed by atoms with Gasteiger partial charge in [-0.3, -0.25) is 24.1 Å². The molecule has 3 N–H and O–H groups in total. The van der Waals surface area contributed by atoms with Gasteiger partial charge in [0.05, 0.1) is 39.4 Å². The van der Waals surface area contributed by atoms with Crippen LogP contribution in [0.5, 0.6) is 5.75 Å². The van der Waals surface area contributed by atoms with Crippen molar-refractivity contribution in [1.82, 2.24) is 30.3 Å². The number of β-amino-alcohol motifs (C(OH)–C–C–N with tert-alkyl or cyclic N) is 1. The Bertz CT molecular complexity index is 2470. The standard InChI is InChI=1S/C51H61ClN8O7S/c1-32-46(68-31-55-32)34-7-5-33(6-8-34)28-54-48(63)44-25-40(61)29-59(44)50(65)47(51(2,3)4)56-45(62)30-66-22-21-57-17-19-58(20-18-57)37-12-9-35(10-13-37)49(64)60-38-14-15-39(60)24-42(23-38)67-41-16-11-36(27-53)43(52)26-41/h5-13,16,26,31,38-40,42,44,47,61H,14-15,17-25,28-30H2,1-4H3,(H,54,63)(H,56,62)/t38-,39+,40-,42?,44+,47-/m1/s1. The summed E-state index contributed by atoms with van der Waals surface area (Å²) < 4.78 is 12.1. The zero-order chi connectivity index (χ0) is 48.1. The number of piperidine rings is 1. The number of benzene rings is 3. The molecule has 4 aromatic rings. The van der Waals surface area contributed by atoms with Crippen LogP contribution in [0.4, 0.5) is 5.69 Å². The van der Waals surface area contributed by atoms with Crippen molar-refractivity contribution in [3.8, 4) is 22.3 Å². The molecule has 3 aromatic carbocycles. The van der Waals surface area contributed by atoms with E-state index in [9.17, 15) is 29.5 Å². The van der Waals surface area contributed by atoms with Crippen molar-refractivity contribution in [2.75, 3.05) is 57.4 Å². The van der Waals surface area contributed by atoms with Gasteiger partial charge in [0.15, 0.2) is 0 Å². The number of aliphatic hydroxyl groups is 1. The molecule has 4 fully saturated rings. The van der Waals surface area contributed by atoms with Crippen LogP contribution < -0.4 is 20.3 Å². The lowest BCUT2D eigenvalue weighted by Crippen LogP contribution is -2.58. The number of ether oxygens (including phenoxy) is 2. The minimum absolute atomic E-state index is 0.00512. The van der Waals surface area contributed by atoms with Gasteiger partial charge in [-0.15, -0.1) is 11.3 Å². The molecule has 0 saturated carbocycles. The normalized spacial score (nSPS) is 22.1. The van der Waals surface area contributed by atoms with Crippen LogP contribution >= 0.6 is 22.9 Å². The monoisotopic (exact) mass is 964 g/mol. The van der Waals surface area contributed by atoms with Gasteiger partial charge < -0.3 is 39.9 Å². The average Bonchev–Trinajstić information content (AvgIpc) is 4.02. The van der Waals surface area contributed by atoms with Crippen molar-refractivity contribution in [2.45, 2.75) is 103 Å². The number of piperazine rings is 1. The highest BCUT2D eigenvalue weighted by atomic mass is 35.5. The summed E-state index contributed by atoms with van der Waals surface area (Å²) in [5, 5.41) is 26.0. The Kier molecular flexibility index (Phi) is 15.4. The average molecular weight is 966 g/mol. The maximum Gasteiger partial charge on any atom is 0.254 e. The van der Waals surface area contributed by atoms with Crippen LogP contribution in [0.3, 0.4) is 0 Å². The van der Waals surface area contributed by atoms with E-state index < -0.39 is 35.4 Å². The summed E-state index contributed by atoms with van der Waals surface area (Å²) in [7, 11) is 0. The summed E-state index contributed by atoms with van der Waals surface area (Å²) in [5.41, 5.74) is 6.21. The van der Waals surface area contributed by atoms with E-state index in [-0.39, 0.29) is 56.1 Å². The number of fused-ring (bicyclic) bond motifs is 2. The van der Waals surface area contributed by atoms with E-state index in [4.69, 9.17) is 21.1 Å². The lowest BCUT2D eigenvalue weighted by molar-refractivity contribution is -0.144. The van der Waals surface area contributed by atoms with Gasteiger partial charge in [0, 0.05) is 94.5 Å². The molecule has 1 aromatic heterocycles. The van der Waals surface area contributed by atoms with Crippen molar-refractivity contribution in [1.29, 1.82) is 5.26 Å². The maximum absolute atomic E-state index is 14.1. The number of anilines is 1. The summed E-state index contributed by atoms with van der Waals surface area (Å²) in [4.78, 5) is 68.0. The quantitative estimate of drug-likeness (QED) is 0.123. The molecule has 68 heavy (non-hydrogen) atoms. The van der Waals surface area contributed by atoms with Crippen LogP contribution in [0, 0.1) is 23.7 Å². The number of thiazole rings is 1. The number of halogens is 1. The highest BCUT2D eigenvalue weighted by Crippen LogP contribution is 2.39. The smallest absolute Gasteiger partial charge is 0.254 e. The molecule has 17 heteroatoms. The predicted octanol–water partition coefficient (Wildman–Crippen LogP) is 5.81. The first-order chi connectivity index (χ1) is 32.6. The number of aromatic nitrogens is 1. The molecule has 2 bridgehead atoms. The van der Waals surface area contributed by atoms with Crippen molar-refractivity contribution in [3.05, 3.63) is 99.6 Å². The van der Waals surface area contributed by atoms with Gasteiger partial charge in [0.2, 0.25) is 17.7 Å². The number of aliphatic hydroxyl groups excluding tert-OH is 1. The zero-order valence-electron chi connectivity index (χ0n) is 39.2. The second-order valence-corrected chi connectivity index (χ2v) is 20.7. The molecule has 15 nitrogen and oxygen atoms in total. The molecule has 4 amide bonds.